The molecule has 0 radical (unpaired) electrons. The van der Waals surface area contributed by atoms with E-state index >= 15 is 0 Å². The van der Waals surface area contributed by atoms with Gasteiger partial charge in [-0.3, -0.25) is 14.5 Å². The van der Waals surface area contributed by atoms with Crippen LogP contribution in [0.1, 0.15) is 38.4 Å². The Morgan fingerprint density at radius 3 is 2.83 bits per heavy atom. The Morgan fingerprint density at radius 2 is 2.07 bits per heavy atom. The molecule has 1 saturated heterocycles. The van der Waals surface area contributed by atoms with Crippen molar-refractivity contribution in [1.29, 1.82) is 0 Å². The lowest BCUT2D eigenvalue weighted by Crippen LogP contribution is -2.39. The Bertz CT molecular complexity index is 879. The number of nitrogens with one attached hydrogen (secondary N) is 1. The number of fused-ring (bicyclic) bond motifs is 1. The Morgan fingerprint density at radius 1 is 1.30 bits per heavy atom. The first-order valence-corrected chi connectivity index (χ1v) is 11.7. The van der Waals surface area contributed by atoms with Crippen molar-refractivity contribution in [2.75, 3.05) is 25.8 Å². The van der Waals surface area contributed by atoms with Crippen LogP contribution >= 0.6 is 10.9 Å². The van der Waals surface area contributed by atoms with Crippen LogP contribution in [0.25, 0.3) is 0 Å². The molecule has 0 aliphatic carbocycles. The molecule has 1 amide bonds. The molecule has 0 spiro atoms. The normalized spacial score (nSPS) is 23.1. The minimum Gasteiger partial charge on any atom is -0.458 e. The number of ether oxygens (including phenoxy) is 3. The molecular weight excluding hydrogens is 406 g/mol. The molecule has 1 aromatic rings. The van der Waals surface area contributed by atoms with Crippen molar-refractivity contribution in [2.24, 2.45) is 10.9 Å². The summed E-state index contributed by atoms with van der Waals surface area (Å²) < 4.78 is 16.5. The van der Waals surface area contributed by atoms with Gasteiger partial charge >= 0.3 is 5.97 Å². The van der Waals surface area contributed by atoms with Gasteiger partial charge in [-0.05, 0) is 56.0 Å². The summed E-state index contributed by atoms with van der Waals surface area (Å²) in [4.78, 5) is 30.6. The van der Waals surface area contributed by atoms with E-state index in [0.717, 1.165) is 48.3 Å². The largest absolute Gasteiger partial charge is 0.458 e. The molecule has 3 aliphatic heterocycles. The number of carbonyl (C=O) groups is 2. The van der Waals surface area contributed by atoms with Gasteiger partial charge in [-0.2, -0.15) is 10.9 Å². The van der Waals surface area contributed by atoms with E-state index in [1.54, 1.807) is 6.20 Å². The van der Waals surface area contributed by atoms with Crippen molar-refractivity contribution in [3.05, 3.63) is 35.4 Å². The summed E-state index contributed by atoms with van der Waals surface area (Å²) in [5.41, 5.74) is 0.894. The molecule has 3 heterocycles. The molecular formula is C21H27N3O5S. The van der Waals surface area contributed by atoms with Gasteiger partial charge in [0.25, 0.3) is 0 Å². The SMILES string of the molecule is CC(=O)NC1=NC=C[SH]1CN1CCC(C(=O)OC(C)c2ccc3c(c2)OCO3)CC1. The third-order valence-electron chi connectivity index (χ3n) is 5.44. The number of amides is 1. The van der Waals surface area contributed by atoms with Gasteiger partial charge in [-0.1, -0.05) is 6.07 Å². The number of carbonyl (C=O) groups excluding carboxylic acids is 2. The Labute approximate surface area is 178 Å². The first-order valence-electron chi connectivity index (χ1n) is 10.1. The summed E-state index contributed by atoms with van der Waals surface area (Å²) in [5, 5.41) is 5.65. The average molecular weight is 434 g/mol. The van der Waals surface area contributed by atoms with E-state index in [1.807, 2.05) is 25.1 Å². The molecule has 162 valence electrons. The van der Waals surface area contributed by atoms with Crippen LogP contribution in [0.2, 0.25) is 0 Å². The lowest BCUT2D eigenvalue weighted by molar-refractivity contribution is -0.155. The van der Waals surface area contributed by atoms with Gasteiger partial charge in [0.05, 0.1) is 5.92 Å². The number of amidine groups is 1. The fourth-order valence-corrected chi connectivity index (χ4v) is 5.56. The van der Waals surface area contributed by atoms with Crippen LogP contribution in [-0.2, 0) is 14.3 Å². The summed E-state index contributed by atoms with van der Waals surface area (Å²) in [7, 11) is -0.615. The van der Waals surface area contributed by atoms with E-state index in [0.29, 0.717) is 5.75 Å². The van der Waals surface area contributed by atoms with Crippen molar-refractivity contribution in [1.82, 2.24) is 10.2 Å². The molecule has 0 aromatic heterocycles. The zero-order chi connectivity index (χ0) is 21.1. The predicted octanol–water partition coefficient (Wildman–Crippen LogP) is 2.67. The van der Waals surface area contributed by atoms with Gasteiger partial charge in [0.2, 0.25) is 12.7 Å². The first-order chi connectivity index (χ1) is 14.5. The summed E-state index contributed by atoms with van der Waals surface area (Å²) in [5.74, 6) is 1.92. The molecule has 8 nitrogen and oxygen atoms in total. The van der Waals surface area contributed by atoms with E-state index < -0.39 is 10.9 Å². The van der Waals surface area contributed by atoms with Crippen molar-refractivity contribution in [3.8, 4) is 11.5 Å². The average Bonchev–Trinajstić information content (AvgIpc) is 3.37. The highest BCUT2D eigenvalue weighted by atomic mass is 32.2. The highest BCUT2D eigenvalue weighted by Gasteiger charge is 2.29. The highest BCUT2D eigenvalue weighted by Crippen LogP contribution is 2.36. The Hall–Kier alpha value is -2.52. The maximum atomic E-state index is 12.7. The maximum Gasteiger partial charge on any atom is 0.309 e. The molecule has 0 saturated carbocycles. The van der Waals surface area contributed by atoms with Gasteiger partial charge in [-0.15, -0.1) is 0 Å². The number of thiol groups is 1. The fourth-order valence-electron chi connectivity index (χ4n) is 3.73. The predicted molar refractivity (Wildman–Crippen MR) is 116 cm³/mol. The van der Waals surface area contributed by atoms with Gasteiger partial charge < -0.3 is 19.5 Å². The van der Waals surface area contributed by atoms with Gasteiger partial charge in [0, 0.05) is 19.0 Å². The molecule has 3 aliphatic rings. The number of nitrogens with zero attached hydrogens (tertiary/aromatic N) is 2. The number of esters is 1. The molecule has 1 aromatic carbocycles. The maximum absolute atomic E-state index is 12.7. The number of aliphatic imine (C=N–C) groups is 1. The highest BCUT2D eigenvalue weighted by molar-refractivity contribution is 8.32. The number of benzene rings is 1. The number of likely N-dealkylation sites (tertiary alicyclic amines) is 1. The zero-order valence-electron chi connectivity index (χ0n) is 17.2. The van der Waals surface area contributed by atoms with Crippen LogP contribution in [0.15, 0.2) is 34.8 Å². The second-order valence-corrected chi connectivity index (χ2v) is 9.57. The third-order valence-corrected chi connectivity index (χ3v) is 7.40. The topological polar surface area (TPSA) is 89.5 Å². The van der Waals surface area contributed by atoms with Gasteiger partial charge in [0.1, 0.15) is 6.10 Å². The molecule has 2 unspecified atom stereocenters. The number of rotatable bonds is 5. The van der Waals surface area contributed by atoms with E-state index in [2.05, 4.69) is 20.6 Å². The Kier molecular flexibility index (Phi) is 6.29. The van der Waals surface area contributed by atoms with E-state index in [1.165, 1.54) is 6.92 Å². The van der Waals surface area contributed by atoms with Gasteiger partial charge in [-0.25, -0.2) is 4.99 Å². The zero-order valence-corrected chi connectivity index (χ0v) is 18.1. The summed E-state index contributed by atoms with van der Waals surface area (Å²) in [6, 6.07) is 5.62. The standard InChI is InChI=1S/C21H27N3O5S/c1-14(17-3-4-18-19(11-17)28-13-27-18)29-20(26)16-5-8-24(9-6-16)12-30-10-7-22-21(30)23-15(2)25/h3-4,7,10-11,14,16,30H,5-6,8-9,12-13H2,1-2H3,(H,22,23,25). The number of hydrogen-bond acceptors (Lipinski definition) is 7. The quantitative estimate of drug-likeness (QED) is 0.548. The van der Waals surface area contributed by atoms with Crippen molar-refractivity contribution < 1.29 is 23.8 Å². The molecule has 1 fully saturated rings. The van der Waals surface area contributed by atoms with Crippen LogP contribution in [0.3, 0.4) is 0 Å². The molecule has 30 heavy (non-hydrogen) atoms. The first kappa shape index (κ1) is 20.7. The second kappa shape index (κ2) is 9.09. The summed E-state index contributed by atoms with van der Waals surface area (Å²) in [6.45, 7) is 5.26. The molecule has 0 bridgehead atoms. The van der Waals surface area contributed by atoms with E-state index in [9.17, 15) is 9.59 Å². The van der Waals surface area contributed by atoms with E-state index in [-0.39, 0.29) is 30.7 Å². The minimum atomic E-state index is -0.615. The van der Waals surface area contributed by atoms with Crippen molar-refractivity contribution in [2.45, 2.75) is 32.8 Å². The lowest BCUT2D eigenvalue weighted by atomic mass is 9.97. The summed E-state index contributed by atoms with van der Waals surface area (Å²) >= 11 is 0. The molecule has 4 rings (SSSR count). The van der Waals surface area contributed by atoms with Gasteiger partial charge in [0.15, 0.2) is 16.7 Å². The fraction of sp³-hybridized carbons (Fsp3) is 0.476. The smallest absolute Gasteiger partial charge is 0.309 e. The van der Waals surface area contributed by atoms with Crippen molar-refractivity contribution >= 4 is 27.9 Å². The number of hydrogen-bond donors (Lipinski definition) is 2. The van der Waals surface area contributed by atoms with Crippen LogP contribution in [0.5, 0.6) is 11.5 Å². The van der Waals surface area contributed by atoms with Crippen molar-refractivity contribution in [3.63, 3.8) is 0 Å². The van der Waals surface area contributed by atoms with Crippen LogP contribution in [0.4, 0.5) is 0 Å². The molecule has 2 atom stereocenters. The van der Waals surface area contributed by atoms with E-state index in [4.69, 9.17) is 14.2 Å². The van der Waals surface area contributed by atoms with Crippen LogP contribution < -0.4 is 14.8 Å². The second-order valence-electron chi connectivity index (χ2n) is 7.63. The van der Waals surface area contributed by atoms with Crippen LogP contribution in [0, 0.1) is 5.92 Å². The monoisotopic (exact) mass is 433 g/mol. The summed E-state index contributed by atoms with van der Waals surface area (Å²) in [6.07, 6.45) is 2.96. The molecule has 9 heteroatoms. The Balaban J connectivity index is 1.25. The lowest BCUT2D eigenvalue weighted by Gasteiger charge is -2.33. The minimum absolute atomic E-state index is 0.0897. The third kappa shape index (κ3) is 4.79. The molecule has 1 N–H and O–H groups in total. The van der Waals surface area contributed by atoms with Crippen LogP contribution in [-0.4, -0.2) is 47.7 Å². The number of piperidine rings is 1.